The molecule has 0 aliphatic carbocycles. The van der Waals surface area contributed by atoms with E-state index in [-0.39, 0.29) is 11.6 Å². The van der Waals surface area contributed by atoms with E-state index in [1.807, 2.05) is 6.92 Å². The van der Waals surface area contributed by atoms with Gasteiger partial charge in [0, 0.05) is 6.61 Å². The van der Waals surface area contributed by atoms with E-state index in [1.165, 1.54) is 0 Å². The van der Waals surface area contributed by atoms with Gasteiger partial charge in [0.1, 0.15) is 0 Å². The molecule has 0 radical (unpaired) electrons. The second kappa shape index (κ2) is 6.38. The van der Waals surface area contributed by atoms with E-state index >= 15 is 0 Å². The van der Waals surface area contributed by atoms with Gasteiger partial charge in [0.25, 0.3) is 0 Å². The Bertz CT molecular complexity index is 144. The molecule has 1 atom stereocenters. The Morgan fingerprint density at radius 3 is 1.93 bits per heavy atom. The average molecular weight is 202 g/mol. The van der Waals surface area contributed by atoms with Crippen molar-refractivity contribution in [3.8, 4) is 0 Å². The van der Waals surface area contributed by atoms with Crippen molar-refractivity contribution in [2.24, 2.45) is 11.8 Å². The SMILES string of the molecule is CCOC(CC)(CC)C(NN)C(C)C. The van der Waals surface area contributed by atoms with Crippen molar-refractivity contribution in [2.75, 3.05) is 6.61 Å². The minimum Gasteiger partial charge on any atom is -0.374 e. The second-order valence-electron chi connectivity index (χ2n) is 4.09. The van der Waals surface area contributed by atoms with Gasteiger partial charge in [0.15, 0.2) is 0 Å². The fourth-order valence-corrected chi connectivity index (χ4v) is 2.22. The molecule has 14 heavy (non-hydrogen) atoms. The fourth-order valence-electron chi connectivity index (χ4n) is 2.22. The number of rotatable bonds is 7. The first-order chi connectivity index (χ1) is 6.57. The molecule has 0 aliphatic rings. The summed E-state index contributed by atoms with van der Waals surface area (Å²) in [7, 11) is 0. The van der Waals surface area contributed by atoms with Gasteiger partial charge in [0.05, 0.1) is 11.6 Å². The van der Waals surface area contributed by atoms with Crippen LogP contribution in [-0.4, -0.2) is 18.2 Å². The van der Waals surface area contributed by atoms with Crippen LogP contribution >= 0.6 is 0 Å². The van der Waals surface area contributed by atoms with Gasteiger partial charge in [-0.05, 0) is 25.7 Å². The van der Waals surface area contributed by atoms with Gasteiger partial charge < -0.3 is 4.74 Å². The Morgan fingerprint density at radius 1 is 1.21 bits per heavy atom. The standard InChI is InChI=1S/C11H26N2O/c1-6-11(7-2,14-8-3)10(13-12)9(4)5/h9-10,13H,6-8,12H2,1-5H3. The lowest BCUT2D eigenvalue weighted by Gasteiger charge is -2.41. The van der Waals surface area contributed by atoms with Crippen LogP contribution in [0.3, 0.4) is 0 Å². The van der Waals surface area contributed by atoms with Gasteiger partial charge in [-0.1, -0.05) is 27.7 Å². The highest BCUT2D eigenvalue weighted by atomic mass is 16.5. The molecule has 0 rings (SSSR count). The van der Waals surface area contributed by atoms with E-state index in [0.717, 1.165) is 19.4 Å². The summed E-state index contributed by atoms with van der Waals surface area (Å²) < 4.78 is 5.90. The summed E-state index contributed by atoms with van der Waals surface area (Å²) >= 11 is 0. The molecule has 0 aromatic heterocycles. The number of nitrogens with one attached hydrogen (secondary N) is 1. The highest BCUT2D eigenvalue weighted by Crippen LogP contribution is 2.28. The molecule has 1 unspecified atom stereocenters. The van der Waals surface area contributed by atoms with Gasteiger partial charge in [-0.15, -0.1) is 0 Å². The van der Waals surface area contributed by atoms with Gasteiger partial charge in [-0.2, -0.15) is 0 Å². The van der Waals surface area contributed by atoms with Crippen LogP contribution in [0, 0.1) is 5.92 Å². The third-order valence-electron chi connectivity index (χ3n) is 3.04. The summed E-state index contributed by atoms with van der Waals surface area (Å²) in [6.07, 6.45) is 1.98. The van der Waals surface area contributed by atoms with Crippen molar-refractivity contribution in [3.05, 3.63) is 0 Å². The first-order valence-electron chi connectivity index (χ1n) is 5.68. The number of ether oxygens (including phenoxy) is 1. The lowest BCUT2D eigenvalue weighted by atomic mass is 9.82. The van der Waals surface area contributed by atoms with E-state index in [0.29, 0.717) is 5.92 Å². The second-order valence-corrected chi connectivity index (χ2v) is 4.09. The molecule has 0 fully saturated rings. The van der Waals surface area contributed by atoms with Crippen LogP contribution in [0.2, 0.25) is 0 Å². The molecule has 0 amide bonds. The zero-order chi connectivity index (χ0) is 11.2. The molecular formula is C11H26N2O. The molecule has 0 aliphatic heterocycles. The molecule has 3 heteroatoms. The van der Waals surface area contributed by atoms with E-state index in [1.54, 1.807) is 0 Å². The van der Waals surface area contributed by atoms with Gasteiger partial charge in [-0.3, -0.25) is 11.3 Å². The topological polar surface area (TPSA) is 47.3 Å². The minimum absolute atomic E-state index is 0.113. The Morgan fingerprint density at radius 2 is 1.71 bits per heavy atom. The highest BCUT2D eigenvalue weighted by molar-refractivity contribution is 4.92. The number of nitrogens with two attached hydrogens (primary N) is 1. The molecule has 0 saturated heterocycles. The average Bonchev–Trinajstić information content (AvgIpc) is 2.17. The molecule has 0 spiro atoms. The molecule has 0 aromatic rings. The van der Waals surface area contributed by atoms with Crippen molar-refractivity contribution < 1.29 is 4.74 Å². The lowest BCUT2D eigenvalue weighted by Crippen LogP contribution is -2.57. The van der Waals surface area contributed by atoms with Crippen molar-refractivity contribution in [1.82, 2.24) is 5.43 Å². The lowest BCUT2D eigenvalue weighted by molar-refractivity contribution is -0.0823. The number of hydrogen-bond acceptors (Lipinski definition) is 3. The molecule has 0 bridgehead atoms. The monoisotopic (exact) mass is 202 g/mol. The molecular weight excluding hydrogens is 176 g/mol. The quantitative estimate of drug-likeness (QED) is 0.491. The number of hydrogen-bond donors (Lipinski definition) is 2. The minimum atomic E-state index is -0.113. The molecule has 3 nitrogen and oxygen atoms in total. The van der Waals surface area contributed by atoms with Gasteiger partial charge in [-0.25, -0.2) is 0 Å². The van der Waals surface area contributed by atoms with Crippen molar-refractivity contribution in [3.63, 3.8) is 0 Å². The zero-order valence-corrected chi connectivity index (χ0v) is 10.3. The normalized spacial score (nSPS) is 14.8. The predicted octanol–water partition coefficient (Wildman–Crippen LogP) is 2.07. The van der Waals surface area contributed by atoms with E-state index in [2.05, 4.69) is 33.1 Å². The Balaban J connectivity index is 4.72. The predicted molar refractivity (Wildman–Crippen MR) is 60.9 cm³/mol. The van der Waals surface area contributed by atoms with Crippen LogP contribution in [0.1, 0.15) is 47.5 Å². The van der Waals surface area contributed by atoms with Crippen LogP contribution in [-0.2, 0) is 4.74 Å². The summed E-state index contributed by atoms with van der Waals surface area (Å²) in [4.78, 5) is 0. The zero-order valence-electron chi connectivity index (χ0n) is 10.3. The first kappa shape index (κ1) is 13.9. The maximum absolute atomic E-state index is 5.90. The van der Waals surface area contributed by atoms with E-state index in [4.69, 9.17) is 10.6 Å². The third-order valence-corrected chi connectivity index (χ3v) is 3.04. The van der Waals surface area contributed by atoms with Crippen LogP contribution in [0.5, 0.6) is 0 Å². The van der Waals surface area contributed by atoms with Crippen molar-refractivity contribution in [1.29, 1.82) is 0 Å². The van der Waals surface area contributed by atoms with Gasteiger partial charge in [0.2, 0.25) is 0 Å². The van der Waals surface area contributed by atoms with Crippen molar-refractivity contribution >= 4 is 0 Å². The molecule has 0 aromatic carbocycles. The smallest absolute Gasteiger partial charge is 0.0845 e. The number of hydrazine groups is 1. The summed E-state index contributed by atoms with van der Waals surface area (Å²) in [6.45, 7) is 11.4. The summed E-state index contributed by atoms with van der Waals surface area (Å²) in [5.41, 5.74) is 2.79. The van der Waals surface area contributed by atoms with Crippen LogP contribution < -0.4 is 11.3 Å². The fraction of sp³-hybridized carbons (Fsp3) is 1.00. The summed E-state index contributed by atoms with van der Waals surface area (Å²) in [6, 6.07) is 0.220. The Labute approximate surface area is 88.4 Å². The van der Waals surface area contributed by atoms with E-state index < -0.39 is 0 Å². The van der Waals surface area contributed by atoms with Gasteiger partial charge >= 0.3 is 0 Å². The highest BCUT2D eigenvalue weighted by Gasteiger charge is 2.37. The Kier molecular flexibility index (Phi) is 6.33. The summed E-state index contributed by atoms with van der Waals surface area (Å²) in [5, 5.41) is 0. The van der Waals surface area contributed by atoms with E-state index in [9.17, 15) is 0 Å². The Hall–Kier alpha value is -0.120. The maximum Gasteiger partial charge on any atom is 0.0845 e. The first-order valence-corrected chi connectivity index (χ1v) is 5.68. The maximum atomic E-state index is 5.90. The molecule has 86 valence electrons. The molecule has 0 heterocycles. The summed E-state index contributed by atoms with van der Waals surface area (Å²) in [5.74, 6) is 6.09. The van der Waals surface area contributed by atoms with Crippen LogP contribution in [0.4, 0.5) is 0 Å². The largest absolute Gasteiger partial charge is 0.374 e. The van der Waals surface area contributed by atoms with Crippen LogP contribution in [0.15, 0.2) is 0 Å². The third kappa shape index (κ3) is 2.94. The van der Waals surface area contributed by atoms with Crippen LogP contribution in [0.25, 0.3) is 0 Å². The molecule has 3 N–H and O–H groups in total. The molecule has 0 saturated carbocycles. The van der Waals surface area contributed by atoms with Crippen molar-refractivity contribution in [2.45, 2.75) is 59.1 Å².